The van der Waals surface area contributed by atoms with E-state index in [0.717, 1.165) is 10.2 Å². The summed E-state index contributed by atoms with van der Waals surface area (Å²) in [6, 6.07) is 7.08. The number of benzene rings is 1. The van der Waals surface area contributed by atoms with Crippen molar-refractivity contribution >= 4 is 61.2 Å². The standard InChI is InChI=1S/C11H8BrIN2O2S/c12-7-3-9(18-6-7)5-14-8-1-2-11(15(16)17)10(13)4-8/h1-4,6,14H,5H2. The average molecular weight is 439 g/mol. The van der Waals surface area contributed by atoms with Crippen molar-refractivity contribution in [1.29, 1.82) is 0 Å². The van der Waals surface area contributed by atoms with Gasteiger partial charge < -0.3 is 5.32 Å². The Morgan fingerprint density at radius 1 is 1.44 bits per heavy atom. The molecule has 94 valence electrons. The van der Waals surface area contributed by atoms with Gasteiger partial charge in [0.1, 0.15) is 0 Å². The molecule has 1 aromatic carbocycles. The SMILES string of the molecule is O=[N+]([O-])c1ccc(NCc2cc(Br)cs2)cc1I. The molecular formula is C11H8BrIN2O2S. The highest BCUT2D eigenvalue weighted by Crippen LogP contribution is 2.25. The normalized spacial score (nSPS) is 10.3. The Kier molecular flexibility index (Phi) is 4.57. The lowest BCUT2D eigenvalue weighted by atomic mass is 10.3. The molecule has 0 spiro atoms. The van der Waals surface area contributed by atoms with Crippen molar-refractivity contribution in [2.24, 2.45) is 0 Å². The van der Waals surface area contributed by atoms with Gasteiger partial charge in [-0.15, -0.1) is 11.3 Å². The Hall–Kier alpha value is -0.670. The van der Waals surface area contributed by atoms with Crippen LogP contribution in [0.3, 0.4) is 0 Å². The van der Waals surface area contributed by atoms with Crippen LogP contribution in [0, 0.1) is 13.7 Å². The van der Waals surface area contributed by atoms with E-state index in [-0.39, 0.29) is 10.6 Å². The Balaban J connectivity index is 2.06. The second kappa shape index (κ2) is 5.98. The van der Waals surface area contributed by atoms with Crippen molar-refractivity contribution in [1.82, 2.24) is 0 Å². The molecule has 0 atom stereocenters. The minimum Gasteiger partial charge on any atom is -0.380 e. The van der Waals surface area contributed by atoms with Gasteiger partial charge >= 0.3 is 0 Å². The third-order valence-corrected chi connectivity index (χ3v) is 4.79. The zero-order valence-corrected chi connectivity index (χ0v) is 13.6. The van der Waals surface area contributed by atoms with Crippen LogP contribution in [0.2, 0.25) is 0 Å². The molecule has 0 unspecified atom stereocenters. The fourth-order valence-electron chi connectivity index (χ4n) is 1.40. The fraction of sp³-hybridized carbons (Fsp3) is 0.0909. The minimum atomic E-state index is -0.373. The molecule has 0 saturated heterocycles. The van der Waals surface area contributed by atoms with Crippen molar-refractivity contribution in [2.75, 3.05) is 5.32 Å². The molecule has 0 bridgehead atoms. The van der Waals surface area contributed by atoms with Crippen LogP contribution in [0.25, 0.3) is 0 Å². The van der Waals surface area contributed by atoms with Gasteiger partial charge in [-0.25, -0.2) is 0 Å². The number of hydrogen-bond acceptors (Lipinski definition) is 4. The monoisotopic (exact) mass is 438 g/mol. The largest absolute Gasteiger partial charge is 0.380 e. The third-order valence-electron chi connectivity index (χ3n) is 2.23. The Morgan fingerprint density at radius 3 is 2.78 bits per heavy atom. The number of rotatable bonds is 4. The van der Waals surface area contributed by atoms with Crippen LogP contribution >= 0.6 is 49.9 Å². The number of nitro benzene ring substituents is 1. The summed E-state index contributed by atoms with van der Waals surface area (Å²) in [7, 11) is 0. The topological polar surface area (TPSA) is 55.2 Å². The molecule has 2 rings (SSSR count). The van der Waals surface area contributed by atoms with Gasteiger partial charge in [-0.05, 0) is 56.7 Å². The predicted molar refractivity (Wildman–Crippen MR) is 85.2 cm³/mol. The lowest BCUT2D eigenvalue weighted by Gasteiger charge is -2.05. The number of nitrogens with zero attached hydrogens (tertiary/aromatic N) is 1. The van der Waals surface area contributed by atoms with Crippen LogP contribution in [0.4, 0.5) is 11.4 Å². The molecule has 7 heteroatoms. The molecule has 4 nitrogen and oxygen atoms in total. The zero-order valence-electron chi connectivity index (χ0n) is 9.02. The van der Waals surface area contributed by atoms with Crippen molar-refractivity contribution < 1.29 is 4.92 Å². The molecule has 0 amide bonds. The van der Waals surface area contributed by atoms with E-state index in [2.05, 4.69) is 21.2 Å². The molecule has 0 aliphatic rings. The third kappa shape index (κ3) is 3.42. The van der Waals surface area contributed by atoms with E-state index in [4.69, 9.17) is 0 Å². The van der Waals surface area contributed by atoms with Crippen LogP contribution in [-0.4, -0.2) is 4.92 Å². The van der Waals surface area contributed by atoms with E-state index in [1.807, 2.05) is 34.0 Å². The lowest BCUT2D eigenvalue weighted by Crippen LogP contribution is -1.99. The van der Waals surface area contributed by atoms with Crippen LogP contribution in [0.5, 0.6) is 0 Å². The second-order valence-corrected chi connectivity index (χ2v) is 6.58. The summed E-state index contributed by atoms with van der Waals surface area (Å²) >= 11 is 7.04. The highest BCUT2D eigenvalue weighted by molar-refractivity contribution is 14.1. The number of thiophene rings is 1. The highest BCUT2D eigenvalue weighted by Gasteiger charge is 2.11. The fourth-order valence-corrected chi connectivity index (χ4v) is 3.50. The van der Waals surface area contributed by atoms with Crippen molar-refractivity contribution in [3.63, 3.8) is 0 Å². The van der Waals surface area contributed by atoms with E-state index in [0.29, 0.717) is 10.1 Å². The van der Waals surface area contributed by atoms with Gasteiger partial charge in [0.05, 0.1) is 8.49 Å². The quantitative estimate of drug-likeness (QED) is 0.430. The first kappa shape index (κ1) is 13.8. The zero-order chi connectivity index (χ0) is 13.1. The molecule has 0 fully saturated rings. The van der Waals surface area contributed by atoms with E-state index in [9.17, 15) is 10.1 Å². The maximum atomic E-state index is 10.7. The maximum absolute atomic E-state index is 10.7. The molecule has 1 N–H and O–H groups in total. The van der Waals surface area contributed by atoms with Crippen molar-refractivity contribution in [3.05, 3.63) is 52.7 Å². The number of nitrogens with one attached hydrogen (secondary N) is 1. The van der Waals surface area contributed by atoms with Crippen molar-refractivity contribution in [2.45, 2.75) is 6.54 Å². The summed E-state index contributed by atoms with van der Waals surface area (Å²) in [5, 5.41) is 16.0. The minimum absolute atomic E-state index is 0.139. The molecule has 2 aromatic rings. The van der Waals surface area contributed by atoms with Crippen LogP contribution in [0.15, 0.2) is 34.1 Å². The first-order valence-electron chi connectivity index (χ1n) is 4.97. The van der Waals surface area contributed by atoms with Crippen LogP contribution in [-0.2, 0) is 6.54 Å². The Morgan fingerprint density at radius 2 is 2.22 bits per heavy atom. The summed E-state index contributed by atoms with van der Waals surface area (Å²) < 4.78 is 1.71. The summed E-state index contributed by atoms with van der Waals surface area (Å²) in [5.41, 5.74) is 1.02. The lowest BCUT2D eigenvalue weighted by molar-refractivity contribution is -0.385. The number of hydrogen-bond donors (Lipinski definition) is 1. The van der Waals surface area contributed by atoms with Crippen LogP contribution < -0.4 is 5.32 Å². The molecule has 18 heavy (non-hydrogen) atoms. The smallest absolute Gasteiger partial charge is 0.282 e. The van der Waals surface area contributed by atoms with E-state index >= 15 is 0 Å². The number of anilines is 1. The highest BCUT2D eigenvalue weighted by atomic mass is 127. The van der Waals surface area contributed by atoms with Gasteiger partial charge in [0.2, 0.25) is 0 Å². The molecule has 1 heterocycles. The summed E-state index contributed by atoms with van der Waals surface area (Å²) in [5.74, 6) is 0. The molecule has 0 aliphatic carbocycles. The first-order valence-corrected chi connectivity index (χ1v) is 7.72. The van der Waals surface area contributed by atoms with E-state index in [1.165, 1.54) is 10.9 Å². The van der Waals surface area contributed by atoms with Gasteiger partial charge in [0.15, 0.2) is 0 Å². The van der Waals surface area contributed by atoms with Gasteiger partial charge in [0, 0.05) is 33.0 Å². The predicted octanol–water partition coefficient (Wildman–Crippen LogP) is 4.64. The summed E-state index contributed by atoms with van der Waals surface area (Å²) in [6.45, 7) is 0.712. The van der Waals surface area contributed by atoms with Gasteiger partial charge in [-0.3, -0.25) is 10.1 Å². The van der Waals surface area contributed by atoms with Gasteiger partial charge in [-0.2, -0.15) is 0 Å². The maximum Gasteiger partial charge on any atom is 0.282 e. The molecule has 0 aliphatic heterocycles. The molecule has 1 aromatic heterocycles. The first-order chi connectivity index (χ1) is 8.56. The summed E-state index contributed by atoms with van der Waals surface area (Å²) in [6.07, 6.45) is 0. The second-order valence-electron chi connectivity index (χ2n) is 3.51. The average Bonchev–Trinajstić information content (AvgIpc) is 2.72. The van der Waals surface area contributed by atoms with E-state index < -0.39 is 0 Å². The van der Waals surface area contributed by atoms with Crippen LogP contribution in [0.1, 0.15) is 4.88 Å². The summed E-state index contributed by atoms with van der Waals surface area (Å²) in [4.78, 5) is 11.5. The molecular weight excluding hydrogens is 431 g/mol. The molecule has 0 saturated carbocycles. The van der Waals surface area contributed by atoms with Gasteiger partial charge in [0.25, 0.3) is 5.69 Å². The van der Waals surface area contributed by atoms with Crippen molar-refractivity contribution in [3.8, 4) is 0 Å². The molecule has 0 radical (unpaired) electrons. The Bertz CT molecular complexity index is 588. The number of halogens is 2. The number of nitro groups is 1. The van der Waals surface area contributed by atoms with Gasteiger partial charge in [-0.1, -0.05) is 0 Å². The van der Waals surface area contributed by atoms with E-state index in [1.54, 1.807) is 23.5 Å². The Labute approximate surface area is 130 Å².